The molecule has 0 spiro atoms. The van der Waals surface area contributed by atoms with Crippen molar-refractivity contribution in [1.82, 2.24) is 5.32 Å². The summed E-state index contributed by atoms with van der Waals surface area (Å²) in [6.45, 7) is 8.49. The lowest BCUT2D eigenvalue weighted by molar-refractivity contribution is -0.135. The number of benzene rings is 1. The van der Waals surface area contributed by atoms with Crippen molar-refractivity contribution in [3.63, 3.8) is 0 Å². The smallest absolute Gasteiger partial charge is 0.227 e. The lowest BCUT2D eigenvalue weighted by Crippen LogP contribution is -2.45. The molecule has 1 aromatic rings. The van der Waals surface area contributed by atoms with Crippen LogP contribution < -0.4 is 5.32 Å². The second-order valence-corrected chi connectivity index (χ2v) is 6.71. The molecule has 2 rings (SSSR count). The van der Waals surface area contributed by atoms with Gasteiger partial charge in [0.05, 0.1) is 0 Å². The highest BCUT2D eigenvalue weighted by Crippen LogP contribution is 2.34. The summed E-state index contributed by atoms with van der Waals surface area (Å²) in [4.78, 5) is 23.1. The summed E-state index contributed by atoms with van der Waals surface area (Å²) in [5.74, 6) is -0.364. The molecule has 0 atom stereocenters. The van der Waals surface area contributed by atoms with Gasteiger partial charge in [-0.25, -0.2) is 0 Å². The van der Waals surface area contributed by atoms with Crippen molar-refractivity contribution >= 4 is 11.8 Å². The molecular weight excluding hydrogens is 238 g/mol. The van der Waals surface area contributed by atoms with Crippen molar-refractivity contribution in [3.05, 3.63) is 35.4 Å². The van der Waals surface area contributed by atoms with Gasteiger partial charge in [-0.15, -0.1) is 0 Å². The van der Waals surface area contributed by atoms with E-state index in [4.69, 9.17) is 0 Å². The van der Waals surface area contributed by atoms with Gasteiger partial charge in [0.15, 0.2) is 0 Å². The van der Waals surface area contributed by atoms with Crippen LogP contribution in [0, 0.1) is 0 Å². The summed E-state index contributed by atoms with van der Waals surface area (Å²) < 4.78 is 0. The van der Waals surface area contributed by atoms with Crippen molar-refractivity contribution in [3.8, 4) is 0 Å². The predicted octanol–water partition coefficient (Wildman–Crippen LogP) is 2.68. The van der Waals surface area contributed by atoms with Gasteiger partial charge < -0.3 is 0 Å². The number of imide groups is 1. The van der Waals surface area contributed by atoms with Gasteiger partial charge in [0, 0.05) is 18.3 Å². The van der Waals surface area contributed by atoms with Gasteiger partial charge in [-0.2, -0.15) is 0 Å². The molecule has 1 fully saturated rings. The molecule has 3 heteroatoms. The van der Waals surface area contributed by atoms with Crippen LogP contribution in [0.4, 0.5) is 0 Å². The van der Waals surface area contributed by atoms with Gasteiger partial charge in [0.2, 0.25) is 11.8 Å². The van der Waals surface area contributed by atoms with E-state index in [1.165, 1.54) is 5.56 Å². The van der Waals surface area contributed by atoms with E-state index in [0.29, 0.717) is 12.8 Å². The third-order valence-corrected chi connectivity index (χ3v) is 3.83. The second kappa shape index (κ2) is 4.48. The number of nitrogens with one attached hydrogen (secondary N) is 1. The zero-order chi connectivity index (χ0) is 14.3. The first-order valence-corrected chi connectivity index (χ1v) is 6.64. The van der Waals surface area contributed by atoms with Crippen molar-refractivity contribution < 1.29 is 9.59 Å². The van der Waals surface area contributed by atoms with Gasteiger partial charge in [-0.1, -0.05) is 52.0 Å². The van der Waals surface area contributed by atoms with Crippen LogP contribution in [0.3, 0.4) is 0 Å². The van der Waals surface area contributed by atoms with Gasteiger partial charge in [-0.3, -0.25) is 14.9 Å². The second-order valence-electron chi connectivity index (χ2n) is 6.71. The van der Waals surface area contributed by atoms with Crippen molar-refractivity contribution in [2.24, 2.45) is 0 Å². The van der Waals surface area contributed by atoms with E-state index in [0.717, 1.165) is 5.56 Å². The number of piperidine rings is 1. The first-order valence-electron chi connectivity index (χ1n) is 6.64. The van der Waals surface area contributed by atoms with E-state index in [2.05, 4.69) is 38.2 Å². The topological polar surface area (TPSA) is 46.2 Å². The summed E-state index contributed by atoms with van der Waals surface area (Å²) >= 11 is 0. The van der Waals surface area contributed by atoms with Gasteiger partial charge in [-0.05, 0) is 16.5 Å². The monoisotopic (exact) mass is 259 g/mol. The van der Waals surface area contributed by atoms with E-state index in [9.17, 15) is 9.59 Å². The highest BCUT2D eigenvalue weighted by atomic mass is 16.2. The minimum Gasteiger partial charge on any atom is -0.296 e. The number of carbonyl (C=O) groups excluding carboxylic acids is 2. The van der Waals surface area contributed by atoms with Crippen LogP contribution in [0.2, 0.25) is 0 Å². The van der Waals surface area contributed by atoms with Crippen LogP contribution in [0.25, 0.3) is 0 Å². The van der Waals surface area contributed by atoms with E-state index in [-0.39, 0.29) is 22.6 Å². The third-order valence-electron chi connectivity index (χ3n) is 3.83. The Labute approximate surface area is 114 Å². The Morgan fingerprint density at radius 1 is 1.00 bits per heavy atom. The van der Waals surface area contributed by atoms with E-state index in [1.54, 1.807) is 0 Å². The molecular formula is C16H21NO2. The first kappa shape index (κ1) is 13.8. The van der Waals surface area contributed by atoms with Gasteiger partial charge >= 0.3 is 0 Å². The molecule has 1 aliphatic rings. The molecule has 1 N–H and O–H groups in total. The summed E-state index contributed by atoms with van der Waals surface area (Å²) in [5.41, 5.74) is 2.05. The Bertz CT molecular complexity index is 493. The summed E-state index contributed by atoms with van der Waals surface area (Å²) in [7, 11) is 0. The number of amides is 2. The molecule has 2 amide bonds. The fourth-order valence-electron chi connectivity index (χ4n) is 2.59. The number of carbonyl (C=O) groups is 2. The molecule has 1 aliphatic heterocycles. The number of rotatable bonds is 1. The van der Waals surface area contributed by atoms with E-state index < -0.39 is 0 Å². The normalized spacial score (nSPS) is 19.2. The number of hydrogen-bond acceptors (Lipinski definition) is 2. The molecule has 19 heavy (non-hydrogen) atoms. The largest absolute Gasteiger partial charge is 0.296 e. The minimum atomic E-state index is -0.379. The predicted molar refractivity (Wildman–Crippen MR) is 74.9 cm³/mol. The highest BCUT2D eigenvalue weighted by Gasteiger charge is 2.37. The van der Waals surface area contributed by atoms with Crippen molar-refractivity contribution in [2.45, 2.75) is 51.4 Å². The Kier molecular flexibility index (Phi) is 3.25. The van der Waals surface area contributed by atoms with Crippen LogP contribution in [-0.2, 0) is 20.4 Å². The standard InChI is InChI=1S/C16H21NO2/c1-15(2,3)11-5-7-12(8-6-11)16(4)9-13(18)17-14(19)10-16/h5-8H,9-10H2,1-4H3,(H,17,18,19). The van der Waals surface area contributed by atoms with Gasteiger partial charge in [0.25, 0.3) is 0 Å². The molecule has 0 unspecified atom stereocenters. The Morgan fingerprint density at radius 3 is 1.89 bits per heavy atom. The molecule has 1 aromatic carbocycles. The summed E-state index contributed by atoms with van der Waals surface area (Å²) in [6, 6.07) is 8.29. The summed E-state index contributed by atoms with van der Waals surface area (Å²) in [5, 5.41) is 2.36. The van der Waals surface area contributed by atoms with Gasteiger partial charge in [0.1, 0.15) is 0 Å². The third kappa shape index (κ3) is 2.86. The maximum atomic E-state index is 11.6. The average Bonchev–Trinajstić information content (AvgIpc) is 2.26. The Morgan fingerprint density at radius 2 is 1.47 bits per heavy atom. The van der Waals surface area contributed by atoms with Crippen LogP contribution in [0.1, 0.15) is 51.7 Å². The summed E-state index contributed by atoms with van der Waals surface area (Å²) in [6.07, 6.45) is 0.737. The van der Waals surface area contributed by atoms with Crippen LogP contribution in [0.15, 0.2) is 24.3 Å². The quantitative estimate of drug-likeness (QED) is 0.788. The molecule has 0 bridgehead atoms. The lowest BCUT2D eigenvalue weighted by atomic mass is 9.73. The van der Waals surface area contributed by atoms with E-state index in [1.807, 2.05) is 19.1 Å². The molecule has 102 valence electrons. The fraction of sp³-hybridized carbons (Fsp3) is 0.500. The molecule has 3 nitrogen and oxygen atoms in total. The number of hydrogen-bond donors (Lipinski definition) is 1. The van der Waals surface area contributed by atoms with Crippen LogP contribution in [0.5, 0.6) is 0 Å². The molecule has 1 saturated heterocycles. The molecule has 1 heterocycles. The Balaban J connectivity index is 2.31. The van der Waals surface area contributed by atoms with Crippen LogP contribution in [-0.4, -0.2) is 11.8 Å². The SMILES string of the molecule is CC(C)(C)c1ccc(C2(C)CC(=O)NC(=O)C2)cc1. The first-order chi connectivity index (χ1) is 8.71. The lowest BCUT2D eigenvalue weighted by Gasteiger charge is -2.33. The Hall–Kier alpha value is -1.64. The molecule has 0 radical (unpaired) electrons. The molecule has 0 aliphatic carbocycles. The fourth-order valence-corrected chi connectivity index (χ4v) is 2.59. The minimum absolute atomic E-state index is 0.110. The highest BCUT2D eigenvalue weighted by molar-refractivity contribution is 5.99. The maximum Gasteiger partial charge on any atom is 0.227 e. The molecule has 0 saturated carbocycles. The van der Waals surface area contributed by atoms with Crippen molar-refractivity contribution in [1.29, 1.82) is 0 Å². The average molecular weight is 259 g/mol. The maximum absolute atomic E-state index is 11.6. The molecule has 0 aromatic heterocycles. The van der Waals surface area contributed by atoms with Crippen molar-refractivity contribution in [2.75, 3.05) is 0 Å². The zero-order valence-corrected chi connectivity index (χ0v) is 12.0. The van der Waals surface area contributed by atoms with E-state index >= 15 is 0 Å². The van der Waals surface area contributed by atoms with Crippen LogP contribution >= 0.6 is 0 Å². The zero-order valence-electron chi connectivity index (χ0n) is 12.0.